The molecule has 4 rings (SSSR count). The Morgan fingerprint density at radius 2 is 2.07 bits per heavy atom. The summed E-state index contributed by atoms with van der Waals surface area (Å²) < 4.78 is 8.11. The van der Waals surface area contributed by atoms with Crippen LogP contribution in [-0.2, 0) is 28.3 Å². The third kappa shape index (κ3) is 3.58. The molecule has 2 aliphatic heterocycles. The van der Waals surface area contributed by atoms with Crippen molar-refractivity contribution in [2.24, 2.45) is 0 Å². The van der Waals surface area contributed by atoms with E-state index in [1.807, 2.05) is 23.9 Å². The molecule has 0 radical (unpaired) electrons. The summed E-state index contributed by atoms with van der Waals surface area (Å²) in [6, 6.07) is 10.3. The van der Waals surface area contributed by atoms with Crippen molar-refractivity contribution in [1.29, 1.82) is 0 Å². The number of benzene rings is 1. The molecular weight excluding hydrogens is 368 g/mol. The Balaban J connectivity index is 1.56. The summed E-state index contributed by atoms with van der Waals surface area (Å²) in [5.41, 5.74) is 1.60. The van der Waals surface area contributed by atoms with Gasteiger partial charge < -0.3 is 14.7 Å². The molecule has 7 nitrogen and oxygen atoms in total. The number of likely N-dealkylation sites (N-methyl/N-ethyl adjacent to an activating group) is 1. The number of ether oxygens (including phenoxy) is 1. The van der Waals surface area contributed by atoms with Gasteiger partial charge in [-0.2, -0.15) is 5.10 Å². The number of hydrogen-bond acceptors (Lipinski definition) is 5. The Labute approximate surface area is 171 Å². The van der Waals surface area contributed by atoms with E-state index in [-0.39, 0.29) is 18.1 Å². The van der Waals surface area contributed by atoms with Crippen LogP contribution in [0.15, 0.2) is 42.7 Å². The lowest BCUT2D eigenvalue weighted by Crippen LogP contribution is -2.62. The van der Waals surface area contributed by atoms with Crippen LogP contribution in [0.2, 0.25) is 0 Å². The highest BCUT2D eigenvalue weighted by molar-refractivity contribution is 5.85. The minimum atomic E-state index is -0.740. The fourth-order valence-corrected chi connectivity index (χ4v) is 4.83. The minimum Gasteiger partial charge on any atom is -0.395 e. The van der Waals surface area contributed by atoms with Crippen molar-refractivity contribution in [3.63, 3.8) is 0 Å². The quantitative estimate of drug-likeness (QED) is 0.801. The number of piperidine rings is 1. The molecule has 0 saturated carbocycles. The van der Waals surface area contributed by atoms with E-state index in [1.54, 1.807) is 18.1 Å². The summed E-state index contributed by atoms with van der Waals surface area (Å²) in [4.78, 5) is 17.3. The van der Waals surface area contributed by atoms with E-state index in [1.165, 1.54) is 11.1 Å². The van der Waals surface area contributed by atoms with E-state index in [0.29, 0.717) is 19.7 Å². The average molecular weight is 399 g/mol. The number of rotatable bonds is 6. The smallest absolute Gasteiger partial charge is 0.244 e. The number of amides is 1. The first kappa shape index (κ1) is 20.1. The molecule has 7 heteroatoms. The van der Waals surface area contributed by atoms with E-state index < -0.39 is 5.54 Å². The van der Waals surface area contributed by atoms with Gasteiger partial charge in [-0.1, -0.05) is 24.3 Å². The van der Waals surface area contributed by atoms with Crippen molar-refractivity contribution < 1.29 is 14.6 Å². The molecule has 1 atom stereocenters. The highest BCUT2D eigenvalue weighted by atomic mass is 16.5. The van der Waals surface area contributed by atoms with Crippen LogP contribution in [-0.4, -0.2) is 69.4 Å². The second kappa shape index (κ2) is 7.89. The number of aliphatic hydroxyl groups is 1. The second-order valence-corrected chi connectivity index (χ2v) is 8.35. The van der Waals surface area contributed by atoms with E-state index in [2.05, 4.69) is 34.3 Å². The molecule has 3 heterocycles. The maximum atomic E-state index is 13.4. The first-order valence-electron chi connectivity index (χ1n) is 10.3. The molecular formula is C22H30N4O3. The maximum Gasteiger partial charge on any atom is 0.244 e. The number of nitrogens with zero attached hydrogens (tertiary/aromatic N) is 4. The topological polar surface area (TPSA) is 70.8 Å². The van der Waals surface area contributed by atoms with E-state index >= 15 is 0 Å². The molecule has 2 aliphatic rings. The summed E-state index contributed by atoms with van der Waals surface area (Å²) in [7, 11) is 1.75. The van der Waals surface area contributed by atoms with E-state index in [0.717, 1.165) is 25.9 Å². The van der Waals surface area contributed by atoms with Crippen LogP contribution >= 0.6 is 0 Å². The van der Waals surface area contributed by atoms with Crippen molar-refractivity contribution in [3.05, 3.63) is 53.9 Å². The number of aliphatic hydroxyl groups excluding tert-OH is 1. The summed E-state index contributed by atoms with van der Waals surface area (Å²) in [5.74, 6) is 0.00532. The Bertz CT molecular complexity index is 846. The largest absolute Gasteiger partial charge is 0.395 e. The van der Waals surface area contributed by atoms with Crippen molar-refractivity contribution >= 4 is 5.91 Å². The maximum absolute atomic E-state index is 13.4. The van der Waals surface area contributed by atoms with Crippen LogP contribution in [0.5, 0.6) is 0 Å². The minimum absolute atomic E-state index is 0.00532. The zero-order valence-electron chi connectivity index (χ0n) is 17.3. The summed E-state index contributed by atoms with van der Waals surface area (Å²) in [6.07, 6.45) is 5.33. The van der Waals surface area contributed by atoms with Gasteiger partial charge in [0, 0.05) is 39.1 Å². The van der Waals surface area contributed by atoms with Gasteiger partial charge in [-0.15, -0.1) is 0 Å². The molecule has 1 N–H and O–H groups in total. The Hall–Kier alpha value is -2.22. The molecule has 156 valence electrons. The van der Waals surface area contributed by atoms with Crippen molar-refractivity contribution in [1.82, 2.24) is 19.6 Å². The molecule has 1 fully saturated rings. The van der Waals surface area contributed by atoms with Crippen molar-refractivity contribution in [2.75, 3.05) is 33.3 Å². The highest BCUT2D eigenvalue weighted by Gasteiger charge is 2.48. The summed E-state index contributed by atoms with van der Waals surface area (Å²) in [5, 5.41) is 13.6. The van der Waals surface area contributed by atoms with Gasteiger partial charge in [-0.3, -0.25) is 14.4 Å². The molecule has 0 aliphatic carbocycles. The van der Waals surface area contributed by atoms with Crippen LogP contribution in [0, 0.1) is 0 Å². The lowest BCUT2D eigenvalue weighted by Gasteiger charge is -2.47. The fraction of sp³-hybridized carbons (Fsp3) is 0.545. The predicted octanol–water partition coefficient (Wildman–Crippen LogP) is 1.61. The van der Waals surface area contributed by atoms with Crippen LogP contribution in [0.4, 0.5) is 0 Å². The van der Waals surface area contributed by atoms with Gasteiger partial charge >= 0.3 is 0 Å². The van der Waals surface area contributed by atoms with Crippen molar-refractivity contribution in [3.8, 4) is 0 Å². The summed E-state index contributed by atoms with van der Waals surface area (Å²) in [6.45, 7) is 4.94. The van der Waals surface area contributed by atoms with Crippen molar-refractivity contribution in [2.45, 2.75) is 44.1 Å². The van der Waals surface area contributed by atoms with Crippen LogP contribution in [0.25, 0.3) is 0 Å². The van der Waals surface area contributed by atoms with E-state index in [4.69, 9.17) is 4.74 Å². The zero-order chi connectivity index (χ0) is 20.5. The number of carbonyl (C=O) groups is 1. The van der Waals surface area contributed by atoms with Gasteiger partial charge in [0.15, 0.2) is 0 Å². The van der Waals surface area contributed by atoms with Gasteiger partial charge in [0.25, 0.3) is 0 Å². The number of aromatic nitrogens is 2. The highest BCUT2D eigenvalue weighted by Crippen LogP contribution is 2.45. The monoisotopic (exact) mass is 398 g/mol. The number of carbonyl (C=O) groups excluding carboxylic acids is 1. The Kier molecular flexibility index (Phi) is 5.46. The Morgan fingerprint density at radius 3 is 2.76 bits per heavy atom. The summed E-state index contributed by atoms with van der Waals surface area (Å²) >= 11 is 0. The van der Waals surface area contributed by atoms with E-state index in [9.17, 15) is 9.90 Å². The SMILES string of the molecule is CN(CCO)C(=O)C(C)(Cn1cccn1)N1CCC2(CC1)OCc1ccccc12. The zero-order valence-corrected chi connectivity index (χ0v) is 17.3. The lowest BCUT2D eigenvalue weighted by molar-refractivity contribution is -0.150. The van der Waals surface area contributed by atoms with Gasteiger partial charge in [0.1, 0.15) is 5.54 Å². The lowest BCUT2D eigenvalue weighted by atomic mass is 9.82. The first-order chi connectivity index (χ1) is 14.0. The standard InChI is InChI=1S/C22H30N4O3/c1-21(17-26-11-5-10-23-26,20(28)24(2)14-15-27)25-12-8-22(9-13-25)19-7-4-3-6-18(19)16-29-22/h3-7,10-11,27H,8-9,12-17H2,1-2H3. The fourth-order valence-electron chi connectivity index (χ4n) is 4.83. The van der Waals surface area contributed by atoms with Gasteiger partial charge in [-0.05, 0) is 37.0 Å². The molecule has 2 aromatic rings. The second-order valence-electron chi connectivity index (χ2n) is 8.35. The third-order valence-corrected chi connectivity index (χ3v) is 6.55. The number of hydrogen-bond donors (Lipinski definition) is 1. The Morgan fingerprint density at radius 1 is 1.31 bits per heavy atom. The van der Waals surface area contributed by atoms with Crippen LogP contribution in [0.1, 0.15) is 30.9 Å². The molecule has 1 saturated heterocycles. The van der Waals surface area contributed by atoms with Gasteiger partial charge in [0.05, 0.1) is 25.4 Å². The number of fused-ring (bicyclic) bond motifs is 2. The first-order valence-corrected chi connectivity index (χ1v) is 10.3. The molecule has 0 bridgehead atoms. The molecule has 1 amide bonds. The predicted molar refractivity (Wildman–Crippen MR) is 109 cm³/mol. The number of likely N-dealkylation sites (tertiary alicyclic amines) is 1. The normalized spacial score (nSPS) is 20.4. The molecule has 1 aromatic heterocycles. The van der Waals surface area contributed by atoms with Crippen LogP contribution < -0.4 is 0 Å². The third-order valence-electron chi connectivity index (χ3n) is 6.55. The molecule has 1 aromatic carbocycles. The molecule has 1 unspecified atom stereocenters. The average Bonchev–Trinajstić information content (AvgIpc) is 3.37. The van der Waals surface area contributed by atoms with Gasteiger partial charge in [-0.25, -0.2) is 0 Å². The molecule has 1 spiro atoms. The molecule has 29 heavy (non-hydrogen) atoms. The van der Waals surface area contributed by atoms with Gasteiger partial charge in [0.2, 0.25) is 5.91 Å². The van der Waals surface area contributed by atoms with Crippen LogP contribution in [0.3, 0.4) is 0 Å².